The first kappa shape index (κ1) is 26.0. The van der Waals surface area contributed by atoms with Gasteiger partial charge in [0.05, 0.1) is 11.3 Å². The number of piperidine rings is 1. The molecule has 5 rings (SSSR count). The topological polar surface area (TPSA) is 109 Å². The Hall–Kier alpha value is -3.67. The largest absolute Gasteiger partial charge is 0.573 e. The van der Waals surface area contributed by atoms with Crippen molar-refractivity contribution in [2.75, 3.05) is 31.6 Å². The van der Waals surface area contributed by atoms with Crippen LogP contribution in [0.15, 0.2) is 30.5 Å². The second-order valence-corrected chi connectivity index (χ2v) is 9.61. The van der Waals surface area contributed by atoms with Crippen LogP contribution in [0.25, 0.3) is 11.2 Å². The Balaban J connectivity index is 1.31. The van der Waals surface area contributed by atoms with Gasteiger partial charge in [-0.25, -0.2) is 9.97 Å². The standard InChI is InChI=1S/C26H28F3N5O4/c1-15(35)31-21-14-18(38-26(27,28)29)2-3-20(21)25(36)34-10-5-16(6-11-34)19-4-9-30-24-22(19)32-23(33-24)17-7-12-37-13-8-17/h2-4,9,14,16-17H,5-8,10-13H2,1H3,(H,31,35)(H,30,32,33). The van der Waals surface area contributed by atoms with Crippen molar-refractivity contribution in [1.29, 1.82) is 0 Å². The van der Waals surface area contributed by atoms with Crippen LogP contribution in [0.2, 0.25) is 0 Å². The van der Waals surface area contributed by atoms with Gasteiger partial charge in [0.2, 0.25) is 5.91 Å². The smallest absolute Gasteiger partial charge is 0.406 e. The van der Waals surface area contributed by atoms with Gasteiger partial charge in [0.25, 0.3) is 5.91 Å². The zero-order chi connectivity index (χ0) is 26.9. The molecule has 0 radical (unpaired) electrons. The zero-order valence-electron chi connectivity index (χ0n) is 20.8. The molecule has 9 nitrogen and oxygen atoms in total. The highest BCUT2D eigenvalue weighted by Crippen LogP contribution is 2.35. The molecule has 2 saturated heterocycles. The number of anilines is 1. The average Bonchev–Trinajstić information content (AvgIpc) is 3.33. The van der Waals surface area contributed by atoms with Crippen molar-refractivity contribution in [2.45, 2.75) is 50.8 Å². The molecule has 0 atom stereocenters. The van der Waals surface area contributed by atoms with Gasteiger partial charge < -0.3 is 24.7 Å². The van der Waals surface area contributed by atoms with Gasteiger partial charge in [-0.15, -0.1) is 13.2 Å². The molecule has 4 heterocycles. The molecule has 1 aromatic carbocycles. The van der Waals surface area contributed by atoms with Gasteiger partial charge in [-0.2, -0.15) is 0 Å². The highest BCUT2D eigenvalue weighted by Gasteiger charge is 2.32. The van der Waals surface area contributed by atoms with Gasteiger partial charge in [-0.3, -0.25) is 9.59 Å². The summed E-state index contributed by atoms with van der Waals surface area (Å²) < 4.78 is 47.4. The fourth-order valence-electron chi connectivity index (χ4n) is 5.21. The number of nitrogens with zero attached hydrogens (tertiary/aromatic N) is 3. The third kappa shape index (κ3) is 5.74. The summed E-state index contributed by atoms with van der Waals surface area (Å²) in [4.78, 5) is 39.4. The van der Waals surface area contributed by atoms with E-state index in [0.717, 1.165) is 60.7 Å². The molecule has 2 aliphatic rings. The van der Waals surface area contributed by atoms with Crippen LogP contribution in [0.4, 0.5) is 18.9 Å². The van der Waals surface area contributed by atoms with Gasteiger partial charge in [0, 0.05) is 51.4 Å². The van der Waals surface area contributed by atoms with Crippen molar-refractivity contribution in [3.05, 3.63) is 47.4 Å². The molecular weight excluding hydrogens is 503 g/mol. The minimum Gasteiger partial charge on any atom is -0.406 e. The number of halogens is 3. The minimum absolute atomic E-state index is 0.0284. The third-order valence-corrected chi connectivity index (χ3v) is 7.03. The first-order chi connectivity index (χ1) is 18.2. The lowest BCUT2D eigenvalue weighted by Crippen LogP contribution is -2.38. The van der Waals surface area contributed by atoms with E-state index in [1.165, 1.54) is 13.0 Å². The van der Waals surface area contributed by atoms with Gasteiger partial charge in [-0.05, 0) is 55.4 Å². The van der Waals surface area contributed by atoms with Crippen molar-refractivity contribution in [3.8, 4) is 5.75 Å². The fourth-order valence-corrected chi connectivity index (χ4v) is 5.21. The van der Waals surface area contributed by atoms with Crippen molar-refractivity contribution >= 4 is 28.7 Å². The number of nitrogens with one attached hydrogen (secondary N) is 2. The lowest BCUT2D eigenvalue weighted by molar-refractivity contribution is -0.274. The molecule has 2 aliphatic heterocycles. The number of fused-ring (bicyclic) bond motifs is 1. The number of carbonyl (C=O) groups excluding carboxylic acids is 2. The summed E-state index contributed by atoms with van der Waals surface area (Å²) in [5.74, 6) is 0.0235. The lowest BCUT2D eigenvalue weighted by atomic mass is 9.89. The van der Waals surface area contributed by atoms with E-state index in [0.29, 0.717) is 31.8 Å². The van der Waals surface area contributed by atoms with E-state index in [-0.39, 0.29) is 23.1 Å². The molecule has 12 heteroatoms. The number of aromatic nitrogens is 3. The highest BCUT2D eigenvalue weighted by atomic mass is 19.4. The maximum atomic E-state index is 13.3. The maximum absolute atomic E-state index is 13.3. The van der Waals surface area contributed by atoms with Gasteiger partial charge in [0.15, 0.2) is 5.65 Å². The third-order valence-electron chi connectivity index (χ3n) is 7.03. The molecule has 3 aromatic rings. The molecular formula is C26H28F3N5O4. The average molecular weight is 532 g/mol. The predicted molar refractivity (Wildman–Crippen MR) is 132 cm³/mol. The Kier molecular flexibility index (Phi) is 7.24. The Morgan fingerprint density at radius 1 is 1.11 bits per heavy atom. The van der Waals surface area contributed by atoms with Crippen LogP contribution in [-0.2, 0) is 9.53 Å². The van der Waals surface area contributed by atoms with Crippen molar-refractivity contribution in [1.82, 2.24) is 19.9 Å². The summed E-state index contributed by atoms with van der Waals surface area (Å²) >= 11 is 0. The molecule has 2 fully saturated rings. The van der Waals surface area contributed by atoms with Crippen molar-refractivity contribution in [2.24, 2.45) is 0 Å². The Morgan fingerprint density at radius 2 is 1.84 bits per heavy atom. The van der Waals surface area contributed by atoms with Crippen LogP contribution in [0.3, 0.4) is 0 Å². The van der Waals surface area contributed by atoms with E-state index in [4.69, 9.17) is 9.72 Å². The molecule has 0 saturated carbocycles. The van der Waals surface area contributed by atoms with Crippen LogP contribution in [0, 0.1) is 0 Å². The number of H-pyrrole nitrogens is 1. The summed E-state index contributed by atoms with van der Waals surface area (Å²) in [5, 5.41) is 2.44. The second-order valence-electron chi connectivity index (χ2n) is 9.61. The van der Waals surface area contributed by atoms with Crippen molar-refractivity contribution < 1.29 is 32.2 Å². The SMILES string of the molecule is CC(=O)Nc1cc(OC(F)(F)F)ccc1C(=O)N1CCC(c2ccnc3[nH]c(C4CCOCC4)nc23)CC1. The minimum atomic E-state index is -4.89. The number of benzene rings is 1. The first-order valence-electron chi connectivity index (χ1n) is 12.6. The molecule has 2 amide bonds. The number of pyridine rings is 1. The predicted octanol–water partition coefficient (Wildman–Crippen LogP) is 4.73. The van der Waals surface area contributed by atoms with Gasteiger partial charge in [-0.1, -0.05) is 0 Å². The summed E-state index contributed by atoms with van der Waals surface area (Å²) in [7, 11) is 0. The van der Waals surface area contributed by atoms with Gasteiger partial charge >= 0.3 is 6.36 Å². The maximum Gasteiger partial charge on any atom is 0.573 e. The number of rotatable bonds is 5. The van der Waals surface area contributed by atoms with Crippen LogP contribution in [0.1, 0.15) is 66.2 Å². The fraction of sp³-hybridized carbons (Fsp3) is 0.462. The summed E-state index contributed by atoms with van der Waals surface area (Å²) in [6.07, 6.45) is 0.0909. The van der Waals surface area contributed by atoms with E-state index in [9.17, 15) is 22.8 Å². The summed E-state index contributed by atoms with van der Waals surface area (Å²) in [5.41, 5.74) is 2.77. The Bertz CT molecular complexity index is 1330. The monoisotopic (exact) mass is 531 g/mol. The number of imidazole rings is 1. The van der Waals surface area contributed by atoms with E-state index in [1.54, 1.807) is 11.1 Å². The molecule has 2 aromatic heterocycles. The first-order valence-corrected chi connectivity index (χ1v) is 12.6. The summed E-state index contributed by atoms with van der Waals surface area (Å²) in [6, 6.07) is 5.30. The highest BCUT2D eigenvalue weighted by molar-refractivity contribution is 6.03. The number of hydrogen-bond acceptors (Lipinski definition) is 6. The number of likely N-dealkylation sites (tertiary alicyclic amines) is 1. The number of hydrogen-bond donors (Lipinski definition) is 2. The molecule has 0 aliphatic carbocycles. The number of aromatic amines is 1. The van der Waals surface area contributed by atoms with Gasteiger partial charge in [0.1, 0.15) is 17.1 Å². The number of ether oxygens (including phenoxy) is 2. The van der Waals surface area contributed by atoms with E-state index < -0.39 is 18.0 Å². The Labute approximate surface area is 216 Å². The second kappa shape index (κ2) is 10.6. The van der Waals surface area contributed by atoms with Crippen LogP contribution >= 0.6 is 0 Å². The van der Waals surface area contributed by atoms with E-state index >= 15 is 0 Å². The Morgan fingerprint density at radius 3 is 2.53 bits per heavy atom. The molecule has 0 spiro atoms. The lowest BCUT2D eigenvalue weighted by Gasteiger charge is -2.32. The number of amides is 2. The molecule has 38 heavy (non-hydrogen) atoms. The molecule has 2 N–H and O–H groups in total. The summed E-state index contributed by atoms with van der Waals surface area (Å²) in [6.45, 7) is 3.55. The quantitative estimate of drug-likeness (QED) is 0.493. The van der Waals surface area contributed by atoms with Crippen LogP contribution in [-0.4, -0.2) is 64.3 Å². The molecule has 0 unspecified atom stereocenters. The van der Waals surface area contributed by atoms with Crippen LogP contribution in [0.5, 0.6) is 5.75 Å². The number of carbonyl (C=O) groups is 2. The zero-order valence-corrected chi connectivity index (χ0v) is 20.8. The van der Waals surface area contributed by atoms with E-state index in [1.807, 2.05) is 6.07 Å². The number of alkyl halides is 3. The van der Waals surface area contributed by atoms with Crippen LogP contribution < -0.4 is 10.1 Å². The normalized spacial score (nSPS) is 17.5. The molecule has 0 bridgehead atoms. The molecule has 202 valence electrons. The van der Waals surface area contributed by atoms with Crippen molar-refractivity contribution in [3.63, 3.8) is 0 Å². The van der Waals surface area contributed by atoms with E-state index in [2.05, 4.69) is 20.0 Å².